The lowest BCUT2D eigenvalue weighted by Gasteiger charge is -2.25. The van der Waals surface area contributed by atoms with Crippen LogP contribution < -0.4 is 4.90 Å². The van der Waals surface area contributed by atoms with Gasteiger partial charge in [0.15, 0.2) is 0 Å². The van der Waals surface area contributed by atoms with Gasteiger partial charge >= 0.3 is 5.97 Å². The van der Waals surface area contributed by atoms with Crippen LogP contribution in [0.3, 0.4) is 0 Å². The second-order valence-electron chi connectivity index (χ2n) is 7.72. The van der Waals surface area contributed by atoms with E-state index in [2.05, 4.69) is 33.8 Å². The van der Waals surface area contributed by atoms with Crippen LogP contribution in [0.5, 0.6) is 0 Å². The molecule has 0 unspecified atom stereocenters. The average Bonchev–Trinajstić information content (AvgIpc) is 3.27. The number of likely N-dealkylation sites (tertiary alicyclic amines) is 1. The first-order valence-electron chi connectivity index (χ1n) is 9.45. The summed E-state index contributed by atoms with van der Waals surface area (Å²) in [5, 5.41) is 14.7. The lowest BCUT2D eigenvalue weighted by Crippen LogP contribution is -2.41. The van der Waals surface area contributed by atoms with Crippen LogP contribution in [0.15, 0.2) is 18.5 Å². The molecule has 0 saturated carbocycles. The summed E-state index contributed by atoms with van der Waals surface area (Å²) < 4.78 is 2.02. The zero-order chi connectivity index (χ0) is 19.2. The van der Waals surface area contributed by atoms with Crippen LogP contribution in [0.2, 0.25) is 0 Å². The Hall–Kier alpha value is -2.48. The number of aliphatic carboxylic acids is 1. The molecule has 2 aliphatic rings. The van der Waals surface area contributed by atoms with Gasteiger partial charge in [-0.15, -0.1) is 0 Å². The van der Waals surface area contributed by atoms with E-state index in [0.717, 1.165) is 25.3 Å². The van der Waals surface area contributed by atoms with Crippen LogP contribution in [0.4, 0.5) is 5.95 Å². The molecule has 2 aliphatic heterocycles. The number of hydrogen-bond acceptors (Lipinski definition) is 6. The number of nitrogens with zero attached hydrogens (tertiary/aromatic N) is 6. The van der Waals surface area contributed by atoms with Crippen LogP contribution in [0.25, 0.3) is 0 Å². The van der Waals surface area contributed by atoms with Gasteiger partial charge in [-0.2, -0.15) is 5.10 Å². The molecule has 27 heavy (non-hydrogen) atoms. The topological polar surface area (TPSA) is 87.4 Å². The van der Waals surface area contributed by atoms with Gasteiger partial charge in [0.1, 0.15) is 5.41 Å². The molecule has 1 N–H and O–H groups in total. The van der Waals surface area contributed by atoms with Gasteiger partial charge in [0, 0.05) is 68.8 Å². The standard InChI is InChI=1S/C19H26N6O2/c1-4-25-14(3)16(13(2)22-25)10-23-8-15-9-24(18-20-6-5-7-21-18)12-19(15,11-23)17(26)27/h5-7,15H,4,8-12H2,1-3H3,(H,26,27)/t15-,19-/m1/s1. The summed E-state index contributed by atoms with van der Waals surface area (Å²) in [6, 6.07) is 1.77. The van der Waals surface area contributed by atoms with E-state index in [-0.39, 0.29) is 5.92 Å². The highest BCUT2D eigenvalue weighted by molar-refractivity contribution is 5.78. The van der Waals surface area contributed by atoms with Crippen molar-refractivity contribution in [1.29, 1.82) is 0 Å². The third kappa shape index (κ3) is 2.88. The Kier molecular flexibility index (Phi) is 4.38. The molecule has 4 rings (SSSR count). The number of hydrogen-bond donors (Lipinski definition) is 1. The quantitative estimate of drug-likeness (QED) is 0.849. The second kappa shape index (κ2) is 6.60. The molecule has 8 nitrogen and oxygen atoms in total. The summed E-state index contributed by atoms with van der Waals surface area (Å²) in [7, 11) is 0. The van der Waals surface area contributed by atoms with E-state index in [1.54, 1.807) is 18.5 Å². The zero-order valence-corrected chi connectivity index (χ0v) is 16.1. The van der Waals surface area contributed by atoms with Crippen molar-refractivity contribution < 1.29 is 9.90 Å². The van der Waals surface area contributed by atoms with Gasteiger partial charge < -0.3 is 10.0 Å². The smallest absolute Gasteiger partial charge is 0.313 e. The predicted octanol–water partition coefficient (Wildman–Crippen LogP) is 1.33. The van der Waals surface area contributed by atoms with E-state index in [4.69, 9.17) is 0 Å². The van der Waals surface area contributed by atoms with Crippen LogP contribution in [-0.4, -0.2) is 61.9 Å². The largest absolute Gasteiger partial charge is 0.481 e. The van der Waals surface area contributed by atoms with Crippen LogP contribution in [0, 0.1) is 25.2 Å². The first kappa shape index (κ1) is 17.9. The molecular formula is C19H26N6O2. The lowest BCUT2D eigenvalue weighted by atomic mass is 9.81. The van der Waals surface area contributed by atoms with E-state index in [9.17, 15) is 9.90 Å². The fourth-order valence-corrected chi connectivity index (χ4v) is 4.69. The number of carboxylic acid groups (broad SMARTS) is 1. The van der Waals surface area contributed by atoms with Gasteiger partial charge in [-0.25, -0.2) is 9.97 Å². The van der Waals surface area contributed by atoms with Crippen LogP contribution in [-0.2, 0) is 17.9 Å². The molecule has 144 valence electrons. The minimum absolute atomic E-state index is 0.0700. The average molecular weight is 370 g/mol. The van der Waals surface area contributed by atoms with Gasteiger partial charge in [-0.1, -0.05) is 0 Å². The van der Waals surface area contributed by atoms with E-state index in [1.807, 2.05) is 16.5 Å². The monoisotopic (exact) mass is 370 g/mol. The molecule has 0 bridgehead atoms. The maximum atomic E-state index is 12.3. The second-order valence-corrected chi connectivity index (χ2v) is 7.72. The molecule has 0 radical (unpaired) electrons. The molecule has 4 heterocycles. The molecule has 2 atom stereocenters. The number of carboxylic acids is 1. The molecule has 2 fully saturated rings. The lowest BCUT2D eigenvalue weighted by molar-refractivity contribution is -0.148. The third-order valence-corrected chi connectivity index (χ3v) is 6.15. The highest BCUT2D eigenvalue weighted by Gasteiger charge is 2.58. The summed E-state index contributed by atoms with van der Waals surface area (Å²) in [6.45, 7) is 10.3. The Morgan fingerprint density at radius 2 is 2.00 bits per heavy atom. The summed E-state index contributed by atoms with van der Waals surface area (Å²) in [6.07, 6.45) is 3.40. The van der Waals surface area contributed by atoms with Crippen molar-refractivity contribution in [3.05, 3.63) is 35.4 Å². The van der Waals surface area contributed by atoms with Crippen molar-refractivity contribution in [2.75, 3.05) is 31.1 Å². The first-order valence-corrected chi connectivity index (χ1v) is 9.45. The maximum absolute atomic E-state index is 12.3. The molecule has 0 aliphatic carbocycles. The normalized spacial score (nSPS) is 25.1. The molecule has 8 heteroatoms. The highest BCUT2D eigenvalue weighted by atomic mass is 16.4. The predicted molar refractivity (Wildman–Crippen MR) is 100 cm³/mol. The van der Waals surface area contributed by atoms with Gasteiger partial charge in [0.25, 0.3) is 0 Å². The molecule has 2 saturated heterocycles. The molecular weight excluding hydrogens is 344 g/mol. The van der Waals surface area contributed by atoms with Crippen LogP contribution >= 0.6 is 0 Å². The summed E-state index contributed by atoms with van der Waals surface area (Å²) in [5.41, 5.74) is 2.67. The van der Waals surface area contributed by atoms with Gasteiger partial charge in [0.2, 0.25) is 5.95 Å². The van der Waals surface area contributed by atoms with E-state index in [1.165, 1.54) is 11.3 Å². The van der Waals surface area contributed by atoms with Gasteiger partial charge in [-0.3, -0.25) is 14.4 Å². The van der Waals surface area contributed by atoms with Crippen molar-refractivity contribution in [3.63, 3.8) is 0 Å². The minimum atomic E-state index is -0.762. The van der Waals surface area contributed by atoms with E-state index >= 15 is 0 Å². The van der Waals surface area contributed by atoms with Crippen LogP contribution in [0.1, 0.15) is 23.9 Å². The van der Waals surface area contributed by atoms with Crippen molar-refractivity contribution in [2.24, 2.45) is 11.3 Å². The Morgan fingerprint density at radius 3 is 2.59 bits per heavy atom. The number of anilines is 1. The first-order chi connectivity index (χ1) is 12.9. The number of fused-ring (bicyclic) bond motifs is 1. The highest BCUT2D eigenvalue weighted by Crippen LogP contribution is 2.44. The Morgan fingerprint density at radius 1 is 1.26 bits per heavy atom. The fourth-order valence-electron chi connectivity index (χ4n) is 4.69. The van der Waals surface area contributed by atoms with Crippen molar-refractivity contribution >= 4 is 11.9 Å². The number of aryl methyl sites for hydroxylation is 2. The summed E-state index contributed by atoms with van der Waals surface area (Å²) in [5.74, 6) is -0.0262. The fraction of sp³-hybridized carbons (Fsp3) is 0.579. The molecule has 0 spiro atoms. The number of carbonyl (C=O) groups is 1. The van der Waals surface area contributed by atoms with Crippen molar-refractivity contribution in [2.45, 2.75) is 33.9 Å². The van der Waals surface area contributed by atoms with E-state index < -0.39 is 11.4 Å². The minimum Gasteiger partial charge on any atom is -0.481 e. The summed E-state index contributed by atoms with van der Waals surface area (Å²) in [4.78, 5) is 25.1. The van der Waals surface area contributed by atoms with E-state index in [0.29, 0.717) is 25.6 Å². The Balaban J connectivity index is 1.54. The Labute approximate surface area is 158 Å². The maximum Gasteiger partial charge on any atom is 0.313 e. The van der Waals surface area contributed by atoms with Crippen molar-refractivity contribution in [3.8, 4) is 0 Å². The SMILES string of the molecule is CCn1nc(C)c(CN2C[C@@H]3CN(c4ncccn4)C[C@]3(C(=O)O)C2)c1C. The molecule has 2 aromatic heterocycles. The zero-order valence-electron chi connectivity index (χ0n) is 16.1. The van der Waals surface area contributed by atoms with Crippen molar-refractivity contribution in [1.82, 2.24) is 24.6 Å². The molecule has 0 aromatic carbocycles. The molecule has 2 aromatic rings. The molecule has 0 amide bonds. The number of aromatic nitrogens is 4. The summed E-state index contributed by atoms with van der Waals surface area (Å²) >= 11 is 0. The van der Waals surface area contributed by atoms with Gasteiger partial charge in [0.05, 0.1) is 5.69 Å². The van der Waals surface area contributed by atoms with Gasteiger partial charge in [-0.05, 0) is 26.8 Å². The number of rotatable bonds is 5. The third-order valence-electron chi connectivity index (χ3n) is 6.15. The Bertz CT molecular complexity index is 851.